The third-order valence-corrected chi connectivity index (χ3v) is 4.87. The summed E-state index contributed by atoms with van der Waals surface area (Å²) in [5.74, 6) is -0.531. The molecule has 1 saturated heterocycles. The Bertz CT molecular complexity index is 857. The van der Waals surface area contributed by atoms with E-state index < -0.39 is 0 Å². The van der Waals surface area contributed by atoms with Crippen LogP contribution in [0.5, 0.6) is 0 Å². The van der Waals surface area contributed by atoms with Gasteiger partial charge in [-0.25, -0.2) is 0 Å². The highest BCUT2D eigenvalue weighted by Crippen LogP contribution is 2.22. The lowest BCUT2D eigenvalue weighted by atomic mass is 10.1. The van der Waals surface area contributed by atoms with E-state index in [-0.39, 0.29) is 11.8 Å². The normalized spacial score (nSPS) is 14.4. The summed E-state index contributed by atoms with van der Waals surface area (Å²) in [6.45, 7) is 10.8. The molecule has 0 saturated carbocycles. The number of carbonyl (C=O) groups is 2. The Morgan fingerprint density at radius 1 is 1.00 bits per heavy atom. The van der Waals surface area contributed by atoms with Crippen molar-refractivity contribution in [3.63, 3.8) is 0 Å². The summed E-state index contributed by atoms with van der Waals surface area (Å²) in [7, 11) is 0. The Kier molecular flexibility index (Phi) is 6.45. The molecule has 0 unspecified atom stereocenters. The van der Waals surface area contributed by atoms with Crippen molar-refractivity contribution in [3.8, 4) is 0 Å². The number of piperazine rings is 1. The molecule has 0 aromatic heterocycles. The first-order chi connectivity index (χ1) is 13.6. The summed E-state index contributed by atoms with van der Waals surface area (Å²) in [4.78, 5) is 28.8. The Hall–Kier alpha value is -3.12. The van der Waals surface area contributed by atoms with Gasteiger partial charge in [0.25, 0.3) is 5.91 Å². The number of nitrogens with one attached hydrogen (secondary N) is 2. The monoisotopic (exact) mass is 378 g/mol. The summed E-state index contributed by atoms with van der Waals surface area (Å²) < 4.78 is 0. The molecule has 146 valence electrons. The Morgan fingerprint density at radius 3 is 2.36 bits per heavy atom. The van der Waals surface area contributed by atoms with E-state index in [1.807, 2.05) is 18.2 Å². The number of hydrogen-bond donors (Lipinski definition) is 2. The summed E-state index contributed by atoms with van der Waals surface area (Å²) >= 11 is 0. The molecule has 3 rings (SSSR count). The standard InChI is InChI=1S/C22H26N4O2/c1-3-21(27)23-18-8-5-7-17(15-18)22(28)24-19-9-6-10-20(16-19)26-13-11-25(4-2)12-14-26/h3,5-10,15-16H,1,4,11-14H2,2H3,(H,23,27)(H,24,28). The minimum Gasteiger partial charge on any atom is -0.369 e. The van der Waals surface area contributed by atoms with Gasteiger partial charge in [-0.1, -0.05) is 25.6 Å². The van der Waals surface area contributed by atoms with Crippen molar-refractivity contribution >= 4 is 28.9 Å². The number of anilines is 3. The summed E-state index contributed by atoms with van der Waals surface area (Å²) in [6, 6.07) is 14.7. The number of amides is 2. The first-order valence-electron chi connectivity index (χ1n) is 9.51. The fraction of sp³-hybridized carbons (Fsp3) is 0.273. The zero-order valence-electron chi connectivity index (χ0n) is 16.1. The van der Waals surface area contributed by atoms with Crippen LogP contribution in [0.1, 0.15) is 17.3 Å². The maximum atomic E-state index is 12.6. The number of benzene rings is 2. The zero-order chi connectivity index (χ0) is 19.9. The molecule has 0 atom stereocenters. The predicted octanol–water partition coefficient (Wildman–Crippen LogP) is 3.21. The third-order valence-electron chi connectivity index (χ3n) is 4.87. The van der Waals surface area contributed by atoms with Crippen LogP contribution in [0.2, 0.25) is 0 Å². The van der Waals surface area contributed by atoms with E-state index in [4.69, 9.17) is 0 Å². The van der Waals surface area contributed by atoms with Crippen molar-refractivity contribution in [1.82, 2.24) is 4.90 Å². The van der Waals surface area contributed by atoms with Crippen LogP contribution in [0, 0.1) is 0 Å². The van der Waals surface area contributed by atoms with E-state index in [0.717, 1.165) is 44.1 Å². The molecular formula is C22H26N4O2. The molecule has 1 aliphatic rings. The molecule has 2 N–H and O–H groups in total. The lowest BCUT2D eigenvalue weighted by Gasteiger charge is -2.35. The Balaban J connectivity index is 1.67. The number of likely N-dealkylation sites (N-methyl/N-ethyl adjacent to an activating group) is 1. The first kappa shape index (κ1) is 19.6. The predicted molar refractivity (Wildman–Crippen MR) is 114 cm³/mol. The van der Waals surface area contributed by atoms with Crippen LogP contribution in [-0.2, 0) is 4.79 Å². The number of hydrogen-bond acceptors (Lipinski definition) is 4. The van der Waals surface area contributed by atoms with Crippen molar-refractivity contribution in [2.24, 2.45) is 0 Å². The number of nitrogens with zero attached hydrogens (tertiary/aromatic N) is 2. The van der Waals surface area contributed by atoms with Gasteiger partial charge in [-0.3, -0.25) is 9.59 Å². The molecule has 2 aromatic rings. The van der Waals surface area contributed by atoms with Gasteiger partial charge >= 0.3 is 0 Å². The van der Waals surface area contributed by atoms with Crippen LogP contribution in [0.4, 0.5) is 17.1 Å². The molecule has 1 heterocycles. The molecule has 0 aliphatic carbocycles. The number of carbonyl (C=O) groups excluding carboxylic acids is 2. The van der Waals surface area contributed by atoms with Gasteiger partial charge in [0.1, 0.15) is 0 Å². The minimum absolute atomic E-state index is 0.220. The molecule has 0 radical (unpaired) electrons. The topological polar surface area (TPSA) is 64.7 Å². The highest BCUT2D eigenvalue weighted by atomic mass is 16.2. The fourth-order valence-electron chi connectivity index (χ4n) is 3.24. The van der Waals surface area contributed by atoms with Gasteiger partial charge in [-0.2, -0.15) is 0 Å². The van der Waals surface area contributed by atoms with E-state index in [1.54, 1.807) is 24.3 Å². The van der Waals surface area contributed by atoms with Gasteiger partial charge in [0.05, 0.1) is 0 Å². The van der Waals surface area contributed by atoms with Crippen LogP contribution >= 0.6 is 0 Å². The Morgan fingerprint density at radius 2 is 1.68 bits per heavy atom. The van der Waals surface area contributed by atoms with Gasteiger partial charge < -0.3 is 20.4 Å². The van der Waals surface area contributed by atoms with Crippen molar-refractivity contribution in [2.45, 2.75) is 6.92 Å². The van der Waals surface area contributed by atoms with E-state index in [0.29, 0.717) is 11.3 Å². The van der Waals surface area contributed by atoms with Crippen LogP contribution in [0.25, 0.3) is 0 Å². The smallest absolute Gasteiger partial charge is 0.255 e. The Labute approximate surface area is 165 Å². The summed E-state index contributed by atoms with van der Waals surface area (Å²) in [5, 5.41) is 5.61. The molecular weight excluding hydrogens is 352 g/mol. The molecule has 0 bridgehead atoms. The minimum atomic E-state index is -0.312. The summed E-state index contributed by atoms with van der Waals surface area (Å²) in [6.07, 6.45) is 1.19. The van der Waals surface area contributed by atoms with E-state index in [2.05, 4.69) is 40.0 Å². The third kappa shape index (κ3) is 4.98. The van der Waals surface area contributed by atoms with Crippen molar-refractivity contribution in [1.29, 1.82) is 0 Å². The van der Waals surface area contributed by atoms with Crippen LogP contribution in [0.15, 0.2) is 61.2 Å². The number of rotatable bonds is 6. The second-order valence-corrected chi connectivity index (χ2v) is 6.70. The molecule has 2 amide bonds. The van der Waals surface area contributed by atoms with Gasteiger partial charge in [-0.05, 0) is 49.0 Å². The van der Waals surface area contributed by atoms with Gasteiger partial charge in [0, 0.05) is 48.8 Å². The molecule has 6 nitrogen and oxygen atoms in total. The largest absolute Gasteiger partial charge is 0.369 e. The van der Waals surface area contributed by atoms with Crippen LogP contribution < -0.4 is 15.5 Å². The highest BCUT2D eigenvalue weighted by molar-refractivity contribution is 6.06. The lowest BCUT2D eigenvalue weighted by molar-refractivity contribution is -0.111. The van der Waals surface area contributed by atoms with E-state index in [9.17, 15) is 9.59 Å². The summed E-state index contributed by atoms with van der Waals surface area (Å²) in [5.41, 5.74) is 2.89. The second kappa shape index (κ2) is 9.19. The molecule has 2 aromatic carbocycles. The van der Waals surface area contributed by atoms with Crippen molar-refractivity contribution in [3.05, 3.63) is 66.7 Å². The zero-order valence-corrected chi connectivity index (χ0v) is 16.1. The molecule has 1 aliphatic heterocycles. The maximum absolute atomic E-state index is 12.6. The quantitative estimate of drug-likeness (QED) is 0.758. The second-order valence-electron chi connectivity index (χ2n) is 6.70. The molecule has 6 heteroatoms. The van der Waals surface area contributed by atoms with Crippen molar-refractivity contribution < 1.29 is 9.59 Å². The average molecular weight is 378 g/mol. The highest BCUT2D eigenvalue weighted by Gasteiger charge is 2.16. The van der Waals surface area contributed by atoms with Crippen LogP contribution in [-0.4, -0.2) is 49.4 Å². The van der Waals surface area contributed by atoms with E-state index >= 15 is 0 Å². The van der Waals surface area contributed by atoms with Gasteiger partial charge in [-0.15, -0.1) is 0 Å². The maximum Gasteiger partial charge on any atom is 0.255 e. The van der Waals surface area contributed by atoms with Gasteiger partial charge in [0.2, 0.25) is 5.91 Å². The average Bonchev–Trinajstić information content (AvgIpc) is 2.74. The molecule has 28 heavy (non-hydrogen) atoms. The molecule has 1 fully saturated rings. The van der Waals surface area contributed by atoms with Crippen LogP contribution in [0.3, 0.4) is 0 Å². The molecule has 0 spiro atoms. The van der Waals surface area contributed by atoms with Crippen molar-refractivity contribution in [2.75, 3.05) is 48.3 Å². The SMILES string of the molecule is C=CC(=O)Nc1cccc(C(=O)Nc2cccc(N3CCN(CC)CC3)c2)c1. The first-order valence-corrected chi connectivity index (χ1v) is 9.51. The lowest BCUT2D eigenvalue weighted by Crippen LogP contribution is -2.46. The van der Waals surface area contributed by atoms with E-state index in [1.165, 1.54) is 6.08 Å². The van der Waals surface area contributed by atoms with Gasteiger partial charge in [0.15, 0.2) is 0 Å². The fourth-order valence-corrected chi connectivity index (χ4v) is 3.24.